The van der Waals surface area contributed by atoms with Crippen LogP contribution in [0.15, 0.2) is 48.8 Å². The summed E-state index contributed by atoms with van der Waals surface area (Å²) < 4.78 is 0. The number of amides is 1. The van der Waals surface area contributed by atoms with E-state index in [1.54, 1.807) is 18.5 Å². The molecule has 2 N–H and O–H groups in total. The van der Waals surface area contributed by atoms with Gasteiger partial charge in [0.1, 0.15) is 4.88 Å². The number of nitrogens with one attached hydrogen (secondary N) is 2. The Morgan fingerprint density at radius 1 is 1.11 bits per heavy atom. The van der Waals surface area contributed by atoms with E-state index in [2.05, 4.69) is 39.4 Å². The topological polar surface area (TPSA) is 79.8 Å². The Balaban J connectivity index is 1.66. The van der Waals surface area contributed by atoms with Gasteiger partial charge in [0.05, 0.1) is 5.69 Å². The van der Waals surface area contributed by atoms with Crippen molar-refractivity contribution in [1.29, 1.82) is 0 Å². The minimum atomic E-state index is -0.118. The van der Waals surface area contributed by atoms with Crippen molar-refractivity contribution in [2.24, 2.45) is 5.92 Å². The Labute approximate surface area is 163 Å². The summed E-state index contributed by atoms with van der Waals surface area (Å²) in [4.78, 5) is 26.1. The van der Waals surface area contributed by atoms with Crippen molar-refractivity contribution in [2.45, 2.75) is 26.8 Å². The van der Waals surface area contributed by atoms with Crippen LogP contribution in [0.4, 0.5) is 5.69 Å². The van der Waals surface area contributed by atoms with Crippen LogP contribution in [0.5, 0.6) is 0 Å². The molecular weight excluding hydrogens is 358 g/mol. The van der Waals surface area contributed by atoms with Gasteiger partial charge in [-0.3, -0.25) is 4.79 Å². The molecule has 0 radical (unpaired) electrons. The minimum Gasteiger partial charge on any atom is -0.380 e. The maximum absolute atomic E-state index is 12.7. The average Bonchev–Trinajstić information content (AvgIpc) is 3.08. The van der Waals surface area contributed by atoms with E-state index in [9.17, 15) is 4.79 Å². The predicted octanol–water partition coefficient (Wildman–Crippen LogP) is 3.78. The predicted molar refractivity (Wildman–Crippen MR) is 109 cm³/mol. The Morgan fingerprint density at radius 3 is 2.48 bits per heavy atom. The number of para-hydroxylation sites is 1. The fourth-order valence-electron chi connectivity index (χ4n) is 2.60. The molecule has 0 bridgehead atoms. The molecule has 1 amide bonds. The van der Waals surface area contributed by atoms with Crippen LogP contribution in [0.3, 0.4) is 0 Å². The van der Waals surface area contributed by atoms with Gasteiger partial charge in [-0.05, 0) is 31.0 Å². The van der Waals surface area contributed by atoms with Gasteiger partial charge in [0.2, 0.25) is 0 Å². The molecule has 6 nitrogen and oxygen atoms in total. The smallest absolute Gasteiger partial charge is 0.263 e. The Hall–Kier alpha value is -2.80. The van der Waals surface area contributed by atoms with Gasteiger partial charge in [-0.25, -0.2) is 15.0 Å². The maximum Gasteiger partial charge on any atom is 0.263 e. The zero-order chi connectivity index (χ0) is 19.2. The molecule has 0 spiro atoms. The molecule has 27 heavy (non-hydrogen) atoms. The number of carbonyl (C=O) groups is 1. The second-order valence-corrected chi connectivity index (χ2v) is 7.58. The monoisotopic (exact) mass is 381 g/mol. The first-order valence-electron chi connectivity index (χ1n) is 8.89. The van der Waals surface area contributed by atoms with E-state index in [0.29, 0.717) is 33.9 Å². The number of aryl methyl sites for hydroxylation is 1. The Bertz CT molecular complexity index is 880. The van der Waals surface area contributed by atoms with Crippen LogP contribution >= 0.6 is 11.3 Å². The van der Waals surface area contributed by atoms with Gasteiger partial charge in [0.15, 0.2) is 10.8 Å². The molecule has 0 aliphatic rings. The summed E-state index contributed by atoms with van der Waals surface area (Å²) >= 11 is 1.32. The standard InChI is InChI=1S/C20H23N5OS/c1-13(2)16(25-15-8-5-4-6-9-15)12-23-19(26)17-14(3)24-20(27-17)18-21-10-7-11-22-18/h4-11,13,16,25H,12H2,1-3H3,(H,23,26). The molecule has 2 aromatic heterocycles. The molecule has 0 saturated heterocycles. The summed E-state index contributed by atoms with van der Waals surface area (Å²) in [5, 5.41) is 7.17. The summed E-state index contributed by atoms with van der Waals surface area (Å²) in [6.45, 7) is 6.63. The van der Waals surface area contributed by atoms with Crippen molar-refractivity contribution >= 4 is 22.9 Å². The third kappa shape index (κ3) is 4.89. The molecule has 3 rings (SSSR count). The van der Waals surface area contributed by atoms with Crippen LogP contribution in [0.2, 0.25) is 0 Å². The van der Waals surface area contributed by atoms with Gasteiger partial charge >= 0.3 is 0 Å². The number of hydrogen-bond acceptors (Lipinski definition) is 6. The lowest BCUT2D eigenvalue weighted by Crippen LogP contribution is -2.39. The summed E-state index contributed by atoms with van der Waals surface area (Å²) in [7, 11) is 0. The highest BCUT2D eigenvalue weighted by Gasteiger charge is 2.20. The third-order valence-corrected chi connectivity index (χ3v) is 5.33. The van der Waals surface area contributed by atoms with Crippen molar-refractivity contribution in [3.63, 3.8) is 0 Å². The maximum atomic E-state index is 12.7. The van der Waals surface area contributed by atoms with Crippen LogP contribution in [0, 0.1) is 12.8 Å². The lowest BCUT2D eigenvalue weighted by atomic mass is 10.0. The molecule has 3 aromatic rings. The molecule has 2 heterocycles. The fraction of sp³-hybridized carbons (Fsp3) is 0.300. The van der Waals surface area contributed by atoms with E-state index < -0.39 is 0 Å². The normalized spacial score (nSPS) is 12.0. The highest BCUT2D eigenvalue weighted by molar-refractivity contribution is 7.17. The van der Waals surface area contributed by atoms with E-state index >= 15 is 0 Å². The number of hydrogen-bond donors (Lipinski definition) is 2. The lowest BCUT2D eigenvalue weighted by molar-refractivity contribution is 0.0953. The van der Waals surface area contributed by atoms with Crippen LogP contribution < -0.4 is 10.6 Å². The molecule has 0 aliphatic carbocycles. The number of aromatic nitrogens is 3. The largest absolute Gasteiger partial charge is 0.380 e. The summed E-state index contributed by atoms with van der Waals surface area (Å²) in [6, 6.07) is 11.9. The number of carbonyl (C=O) groups excluding carboxylic acids is 1. The zero-order valence-corrected chi connectivity index (χ0v) is 16.5. The van der Waals surface area contributed by atoms with Crippen molar-refractivity contribution < 1.29 is 4.79 Å². The van der Waals surface area contributed by atoms with E-state index in [4.69, 9.17) is 0 Å². The van der Waals surface area contributed by atoms with Crippen LogP contribution in [-0.4, -0.2) is 33.4 Å². The first-order chi connectivity index (χ1) is 13.0. The summed E-state index contributed by atoms with van der Waals surface area (Å²) in [5.74, 6) is 0.782. The number of rotatable bonds is 7. The summed E-state index contributed by atoms with van der Waals surface area (Å²) in [5.41, 5.74) is 1.74. The highest BCUT2D eigenvalue weighted by Crippen LogP contribution is 2.25. The molecule has 7 heteroatoms. The van der Waals surface area contributed by atoms with Gasteiger partial charge in [-0.1, -0.05) is 32.0 Å². The number of nitrogens with zero attached hydrogens (tertiary/aromatic N) is 3. The van der Waals surface area contributed by atoms with Crippen LogP contribution in [0.1, 0.15) is 29.2 Å². The second kappa shape index (κ2) is 8.73. The van der Waals surface area contributed by atoms with E-state index in [1.807, 2.05) is 37.3 Å². The molecule has 0 fully saturated rings. The van der Waals surface area contributed by atoms with Gasteiger partial charge in [0, 0.05) is 30.7 Å². The molecular formula is C20H23N5OS. The van der Waals surface area contributed by atoms with E-state index in [-0.39, 0.29) is 11.9 Å². The van der Waals surface area contributed by atoms with Gasteiger partial charge in [-0.2, -0.15) is 0 Å². The Morgan fingerprint density at radius 2 is 1.81 bits per heavy atom. The van der Waals surface area contributed by atoms with Gasteiger partial charge in [-0.15, -0.1) is 11.3 Å². The van der Waals surface area contributed by atoms with Crippen molar-refractivity contribution in [1.82, 2.24) is 20.3 Å². The van der Waals surface area contributed by atoms with Crippen molar-refractivity contribution in [3.05, 3.63) is 59.4 Å². The average molecular weight is 382 g/mol. The van der Waals surface area contributed by atoms with Crippen LogP contribution in [-0.2, 0) is 0 Å². The Kier molecular flexibility index (Phi) is 6.13. The molecule has 1 unspecified atom stereocenters. The molecule has 0 aliphatic heterocycles. The van der Waals surface area contributed by atoms with E-state index in [1.165, 1.54) is 11.3 Å². The first-order valence-corrected chi connectivity index (χ1v) is 9.71. The van der Waals surface area contributed by atoms with Gasteiger partial charge in [0.25, 0.3) is 5.91 Å². The highest BCUT2D eigenvalue weighted by atomic mass is 32.1. The molecule has 0 saturated carbocycles. The SMILES string of the molecule is Cc1nc(-c2ncccn2)sc1C(=O)NCC(Nc1ccccc1)C(C)C. The molecule has 1 atom stereocenters. The second-order valence-electron chi connectivity index (χ2n) is 6.58. The van der Waals surface area contributed by atoms with Gasteiger partial charge < -0.3 is 10.6 Å². The van der Waals surface area contributed by atoms with Crippen LogP contribution in [0.25, 0.3) is 10.8 Å². The van der Waals surface area contributed by atoms with E-state index in [0.717, 1.165) is 5.69 Å². The minimum absolute atomic E-state index is 0.118. The number of benzene rings is 1. The first kappa shape index (κ1) is 19.0. The van der Waals surface area contributed by atoms with Crippen molar-refractivity contribution in [3.8, 4) is 10.8 Å². The molecule has 1 aromatic carbocycles. The lowest BCUT2D eigenvalue weighted by Gasteiger charge is -2.24. The molecule has 140 valence electrons. The number of anilines is 1. The number of thiazole rings is 1. The zero-order valence-electron chi connectivity index (χ0n) is 15.6. The fourth-order valence-corrected chi connectivity index (χ4v) is 3.53. The quantitative estimate of drug-likeness (QED) is 0.651. The summed E-state index contributed by atoms with van der Waals surface area (Å²) in [6.07, 6.45) is 3.34. The third-order valence-electron chi connectivity index (χ3n) is 4.17. The van der Waals surface area contributed by atoms with Crippen molar-refractivity contribution in [2.75, 3.05) is 11.9 Å².